The number of rotatable bonds is 5. The summed E-state index contributed by atoms with van der Waals surface area (Å²) in [5, 5.41) is 7.12. The van der Waals surface area contributed by atoms with Gasteiger partial charge in [0.2, 0.25) is 0 Å². The molecular weight excluding hydrogens is 961 g/mol. The fourth-order valence-corrected chi connectivity index (χ4v) is 15.2. The zero-order chi connectivity index (χ0) is 52.8. The van der Waals surface area contributed by atoms with Crippen LogP contribution in [-0.2, 0) is 16.2 Å². The number of hydrogen-bond acceptors (Lipinski definition) is 3. The summed E-state index contributed by atoms with van der Waals surface area (Å²) in [5.74, 6) is 0. The van der Waals surface area contributed by atoms with Crippen molar-refractivity contribution in [2.75, 3.05) is 4.90 Å². The molecule has 0 amide bonds. The van der Waals surface area contributed by atoms with Gasteiger partial charge in [-0.3, -0.25) is 0 Å². The van der Waals surface area contributed by atoms with Crippen molar-refractivity contribution in [2.45, 2.75) is 57.8 Å². The van der Waals surface area contributed by atoms with E-state index < -0.39 is 0 Å². The Labute approximate surface area is 458 Å². The van der Waals surface area contributed by atoms with Crippen LogP contribution in [-0.4, -0.2) is 4.57 Å². The van der Waals surface area contributed by atoms with Gasteiger partial charge in [0.1, 0.15) is 22.3 Å². The number of para-hydroxylation sites is 5. The molecule has 3 aromatic heterocycles. The second kappa shape index (κ2) is 15.4. The maximum absolute atomic E-state index is 7.08. The van der Waals surface area contributed by atoms with Gasteiger partial charge in [0.25, 0.3) is 0 Å². The van der Waals surface area contributed by atoms with Crippen molar-refractivity contribution >= 4 is 82.7 Å². The van der Waals surface area contributed by atoms with Crippen LogP contribution >= 0.6 is 0 Å². The van der Waals surface area contributed by atoms with Crippen LogP contribution in [0.5, 0.6) is 0 Å². The van der Waals surface area contributed by atoms with E-state index in [0.717, 1.165) is 72.5 Å². The van der Waals surface area contributed by atoms with Crippen LogP contribution in [0.4, 0.5) is 17.1 Å². The highest BCUT2D eigenvalue weighted by Gasteiger charge is 2.49. The Morgan fingerprint density at radius 2 is 0.899 bits per heavy atom. The zero-order valence-corrected chi connectivity index (χ0v) is 45.0. The monoisotopic (exact) mass is 1010 g/mol. The molecule has 0 spiro atoms. The number of nitrogens with zero attached hydrogens (tertiary/aromatic N) is 2. The van der Waals surface area contributed by atoms with Crippen LogP contribution < -0.4 is 4.90 Å². The molecule has 0 aliphatic heterocycles. The molecule has 11 aromatic carbocycles. The van der Waals surface area contributed by atoms with Crippen LogP contribution in [0, 0.1) is 0 Å². The summed E-state index contributed by atoms with van der Waals surface area (Å²) < 4.78 is 16.4. The molecular formula is C75H54N2O2. The number of aromatic nitrogens is 1. The minimum atomic E-state index is -0.385. The molecule has 0 unspecified atom stereocenters. The van der Waals surface area contributed by atoms with Gasteiger partial charge in [-0.2, -0.15) is 0 Å². The highest BCUT2D eigenvalue weighted by molar-refractivity contribution is 6.22. The van der Waals surface area contributed by atoms with Crippen LogP contribution in [0.3, 0.4) is 0 Å². The van der Waals surface area contributed by atoms with Crippen molar-refractivity contribution in [1.82, 2.24) is 4.57 Å². The highest BCUT2D eigenvalue weighted by Crippen LogP contribution is 2.64. The van der Waals surface area contributed by atoms with Gasteiger partial charge in [-0.15, -0.1) is 0 Å². The van der Waals surface area contributed by atoms with Crippen LogP contribution in [0.25, 0.3) is 116 Å². The third-order valence-corrected chi connectivity index (χ3v) is 18.7. The third kappa shape index (κ3) is 5.73. The van der Waals surface area contributed by atoms with Crippen molar-refractivity contribution in [3.63, 3.8) is 0 Å². The van der Waals surface area contributed by atoms with Gasteiger partial charge < -0.3 is 18.3 Å². The smallest absolute Gasteiger partial charge is 0.144 e. The Balaban J connectivity index is 0.945. The minimum Gasteiger partial charge on any atom is -0.455 e. The number of furan rings is 2. The van der Waals surface area contributed by atoms with Gasteiger partial charge in [-0.05, 0) is 133 Å². The molecule has 3 aliphatic carbocycles. The maximum atomic E-state index is 7.08. The first-order chi connectivity index (χ1) is 38.5. The molecule has 0 saturated heterocycles. The summed E-state index contributed by atoms with van der Waals surface area (Å²) in [4.78, 5) is 2.56. The predicted octanol–water partition coefficient (Wildman–Crippen LogP) is 20.6. The standard InChI is InChI=1S/C75H54N2O2/c1-73(2)56-40-45(36-38-50(56)63-58(73)42-54(43-22-9-7-10-23-43)71-65(63)52-28-15-19-34-61(52)78-71)76(60-33-21-30-48-47-26-14-18-32-59(47)77(70(48)60)44-24-11-8-12-25-44)46-37-39-51-57(41-46)75(5,6)68-64(51)66-53-29-16-20-35-62(53)79-72(66)67-49-27-13-17-31-55(49)74(3,4)69(67)68/h7-42H,1-6H3. The molecule has 0 radical (unpaired) electrons. The van der Waals surface area contributed by atoms with E-state index in [4.69, 9.17) is 8.83 Å². The zero-order valence-electron chi connectivity index (χ0n) is 45.0. The molecule has 3 aliphatic rings. The molecule has 17 rings (SSSR count). The molecule has 79 heavy (non-hydrogen) atoms. The topological polar surface area (TPSA) is 34.5 Å². The normalized spacial score (nSPS) is 15.0. The van der Waals surface area contributed by atoms with Crippen molar-refractivity contribution in [2.24, 2.45) is 0 Å². The molecule has 4 nitrogen and oxygen atoms in total. The first-order valence-electron chi connectivity index (χ1n) is 27.8. The van der Waals surface area contributed by atoms with Gasteiger partial charge in [-0.25, -0.2) is 0 Å². The Morgan fingerprint density at radius 1 is 0.367 bits per heavy atom. The highest BCUT2D eigenvalue weighted by atomic mass is 16.3. The van der Waals surface area contributed by atoms with E-state index in [2.05, 4.69) is 269 Å². The van der Waals surface area contributed by atoms with Crippen LogP contribution in [0.15, 0.2) is 227 Å². The van der Waals surface area contributed by atoms with Crippen LogP contribution in [0.1, 0.15) is 74.9 Å². The van der Waals surface area contributed by atoms with Crippen molar-refractivity contribution in [3.8, 4) is 50.2 Å². The average Bonchev–Trinajstić information content (AvgIpc) is 4.25. The number of benzene rings is 11. The van der Waals surface area contributed by atoms with Crippen LogP contribution in [0.2, 0.25) is 0 Å². The molecule has 14 aromatic rings. The predicted molar refractivity (Wildman–Crippen MR) is 328 cm³/mol. The Hall–Kier alpha value is -9.38. The van der Waals surface area contributed by atoms with Crippen molar-refractivity contribution in [3.05, 3.63) is 252 Å². The van der Waals surface area contributed by atoms with Gasteiger partial charge in [0.15, 0.2) is 0 Å². The van der Waals surface area contributed by atoms with E-state index in [0.29, 0.717) is 0 Å². The summed E-state index contributed by atoms with van der Waals surface area (Å²) in [6.45, 7) is 14.6. The maximum Gasteiger partial charge on any atom is 0.144 e. The number of anilines is 3. The number of hydrogen-bond donors (Lipinski definition) is 0. The van der Waals surface area contributed by atoms with Gasteiger partial charge in [0, 0.05) is 76.8 Å². The van der Waals surface area contributed by atoms with Gasteiger partial charge in [-0.1, -0.05) is 193 Å². The van der Waals surface area contributed by atoms with E-state index in [1.165, 1.54) is 93.8 Å². The fraction of sp³-hybridized carbons (Fsp3) is 0.120. The van der Waals surface area contributed by atoms with E-state index in [1.807, 2.05) is 0 Å². The van der Waals surface area contributed by atoms with E-state index in [1.54, 1.807) is 0 Å². The summed E-state index contributed by atoms with van der Waals surface area (Å²) in [5.41, 5.74) is 27.4. The molecule has 376 valence electrons. The molecule has 0 fully saturated rings. The van der Waals surface area contributed by atoms with Crippen molar-refractivity contribution in [1.29, 1.82) is 0 Å². The summed E-state index contributed by atoms with van der Waals surface area (Å²) in [6, 6.07) is 80.7. The Bertz CT molecular complexity index is 4980. The largest absolute Gasteiger partial charge is 0.455 e. The van der Waals surface area contributed by atoms with Gasteiger partial charge in [0.05, 0.1) is 16.7 Å². The lowest BCUT2D eigenvalue weighted by Gasteiger charge is -2.32. The third-order valence-electron chi connectivity index (χ3n) is 18.7. The first-order valence-corrected chi connectivity index (χ1v) is 27.8. The van der Waals surface area contributed by atoms with E-state index >= 15 is 0 Å². The van der Waals surface area contributed by atoms with E-state index in [-0.39, 0.29) is 16.2 Å². The molecule has 4 heteroatoms. The second-order valence-electron chi connectivity index (χ2n) is 23.9. The molecule has 0 saturated carbocycles. The number of fused-ring (bicyclic) bond motifs is 22. The van der Waals surface area contributed by atoms with E-state index in [9.17, 15) is 0 Å². The minimum absolute atomic E-state index is 0.261. The lowest BCUT2D eigenvalue weighted by molar-refractivity contribution is 0.600. The average molecular weight is 1020 g/mol. The summed E-state index contributed by atoms with van der Waals surface area (Å²) in [6.07, 6.45) is 0. The SMILES string of the molecule is CC1(C)c2cc(N(c3ccc4c(c3)C(C)(C)c3c5c(c6oc7ccccc7c6c3-4)-c3ccccc3C5(C)C)c3cccc4c5ccccc5n(-c5ccccc5)c34)ccc2-c2c1cc(-c1ccccc1)c1oc3ccccc3c21. The Morgan fingerprint density at radius 3 is 1.62 bits per heavy atom. The Kier molecular flexibility index (Phi) is 8.73. The summed E-state index contributed by atoms with van der Waals surface area (Å²) >= 11 is 0. The lowest BCUT2D eigenvalue weighted by Crippen LogP contribution is -2.24. The summed E-state index contributed by atoms with van der Waals surface area (Å²) in [7, 11) is 0. The molecule has 0 N–H and O–H groups in total. The second-order valence-corrected chi connectivity index (χ2v) is 23.9. The quantitative estimate of drug-likeness (QED) is 0.172. The molecule has 3 heterocycles. The van der Waals surface area contributed by atoms with Gasteiger partial charge >= 0.3 is 0 Å². The lowest BCUT2D eigenvalue weighted by atomic mass is 9.72. The fourth-order valence-electron chi connectivity index (χ4n) is 15.2. The molecule has 0 bridgehead atoms. The van der Waals surface area contributed by atoms with Crippen molar-refractivity contribution < 1.29 is 8.83 Å². The first kappa shape index (κ1) is 44.7. The molecule has 0 atom stereocenters.